The molecule has 4 bridgehead atoms. The van der Waals surface area contributed by atoms with Gasteiger partial charge in [-0.1, -0.05) is 19.9 Å². The molecule has 0 aromatic carbocycles. The molecule has 4 saturated carbocycles. The molecule has 0 aromatic rings. The third-order valence-corrected chi connectivity index (χ3v) is 6.85. The van der Waals surface area contributed by atoms with Crippen LogP contribution in [0.3, 0.4) is 0 Å². The van der Waals surface area contributed by atoms with Crippen LogP contribution in [0.4, 0.5) is 0 Å². The van der Waals surface area contributed by atoms with Gasteiger partial charge in [-0.3, -0.25) is 0 Å². The average molecular weight is 207 g/mol. The fraction of sp³-hybridized carbons (Fsp3) is 0.769. The standard InChI is InChI=1S/C13H19S/c1-4-5-14-8-12(2)9-6-10-11(7-9)13(10,12)3/h4-5,9-11H,1,6-8H2,2-3H3/t9?,10-,11+,12-,13?/m1/s1. The van der Waals surface area contributed by atoms with E-state index in [1.54, 1.807) is 0 Å². The molecule has 0 saturated heterocycles. The summed E-state index contributed by atoms with van der Waals surface area (Å²) in [5.74, 6) is 6.70. The van der Waals surface area contributed by atoms with Gasteiger partial charge in [-0.2, -0.15) is 11.8 Å². The van der Waals surface area contributed by atoms with Crippen LogP contribution in [0.1, 0.15) is 26.7 Å². The quantitative estimate of drug-likeness (QED) is 0.633. The highest BCUT2D eigenvalue weighted by Gasteiger charge is 2.80. The smallest absolute Gasteiger partial charge is 0.0378 e. The molecular formula is C13H19S. The van der Waals surface area contributed by atoms with E-state index in [2.05, 4.69) is 26.2 Å². The molecule has 0 heterocycles. The van der Waals surface area contributed by atoms with E-state index in [1.807, 2.05) is 17.8 Å². The molecule has 4 aliphatic rings. The maximum atomic E-state index is 3.75. The Labute approximate surface area is 91.5 Å². The van der Waals surface area contributed by atoms with E-state index in [9.17, 15) is 0 Å². The molecule has 14 heavy (non-hydrogen) atoms. The Balaban J connectivity index is 1.75. The Kier molecular flexibility index (Phi) is 1.74. The topological polar surface area (TPSA) is 0 Å². The Morgan fingerprint density at radius 1 is 1.36 bits per heavy atom. The van der Waals surface area contributed by atoms with Gasteiger partial charge in [-0.25, -0.2) is 0 Å². The van der Waals surface area contributed by atoms with Crippen LogP contribution in [-0.2, 0) is 0 Å². The molecule has 0 N–H and O–H groups in total. The van der Waals surface area contributed by atoms with Crippen molar-refractivity contribution in [1.82, 2.24) is 0 Å². The van der Waals surface area contributed by atoms with Crippen molar-refractivity contribution in [3.63, 3.8) is 0 Å². The Morgan fingerprint density at radius 2 is 2.00 bits per heavy atom. The molecule has 0 aromatic heterocycles. The first-order valence-electron chi connectivity index (χ1n) is 5.70. The van der Waals surface area contributed by atoms with Crippen molar-refractivity contribution in [3.05, 3.63) is 18.4 Å². The minimum absolute atomic E-state index is 0.631. The number of thioether (sulfide) groups is 1. The van der Waals surface area contributed by atoms with Crippen LogP contribution in [0, 0.1) is 34.3 Å². The van der Waals surface area contributed by atoms with Gasteiger partial charge < -0.3 is 0 Å². The van der Waals surface area contributed by atoms with Crippen molar-refractivity contribution in [3.8, 4) is 0 Å². The van der Waals surface area contributed by atoms with Gasteiger partial charge in [0.2, 0.25) is 0 Å². The molecule has 4 aliphatic carbocycles. The summed E-state index contributed by atoms with van der Waals surface area (Å²) < 4.78 is 0. The summed E-state index contributed by atoms with van der Waals surface area (Å²) in [7, 11) is 0. The number of hydrogen-bond donors (Lipinski definition) is 0. The van der Waals surface area contributed by atoms with Crippen LogP contribution in [0.25, 0.3) is 0 Å². The van der Waals surface area contributed by atoms with Crippen molar-refractivity contribution in [1.29, 1.82) is 0 Å². The van der Waals surface area contributed by atoms with Gasteiger partial charge in [0.25, 0.3) is 0 Å². The Morgan fingerprint density at radius 3 is 2.43 bits per heavy atom. The highest BCUT2D eigenvalue weighted by Crippen LogP contribution is 2.86. The van der Waals surface area contributed by atoms with E-state index in [0.717, 1.165) is 23.2 Å². The van der Waals surface area contributed by atoms with E-state index < -0.39 is 0 Å². The predicted octanol–water partition coefficient (Wildman–Crippen LogP) is 3.75. The molecule has 0 spiro atoms. The van der Waals surface area contributed by atoms with Gasteiger partial charge in [0, 0.05) is 11.5 Å². The number of hydrogen-bond acceptors (Lipinski definition) is 1. The van der Waals surface area contributed by atoms with Gasteiger partial charge >= 0.3 is 0 Å². The fourth-order valence-electron chi connectivity index (χ4n) is 4.60. The summed E-state index contributed by atoms with van der Waals surface area (Å²) >= 11 is 1.97. The van der Waals surface area contributed by atoms with Gasteiger partial charge in [0.15, 0.2) is 0 Å². The van der Waals surface area contributed by atoms with Crippen molar-refractivity contribution in [2.45, 2.75) is 26.7 Å². The fourth-order valence-corrected chi connectivity index (χ4v) is 5.72. The molecule has 1 radical (unpaired) electrons. The Bertz CT molecular complexity index is 271. The van der Waals surface area contributed by atoms with Crippen molar-refractivity contribution < 1.29 is 0 Å². The van der Waals surface area contributed by atoms with Crippen LogP contribution >= 0.6 is 11.8 Å². The molecule has 77 valence electrons. The van der Waals surface area contributed by atoms with E-state index in [4.69, 9.17) is 0 Å². The first kappa shape index (κ1) is 9.33. The second kappa shape index (κ2) is 2.61. The summed E-state index contributed by atoms with van der Waals surface area (Å²) in [6.45, 7) is 8.83. The van der Waals surface area contributed by atoms with Crippen molar-refractivity contribution in [2.75, 3.05) is 5.75 Å². The van der Waals surface area contributed by atoms with Crippen LogP contribution < -0.4 is 0 Å². The summed E-state index contributed by atoms with van der Waals surface area (Å²) in [6, 6.07) is 0. The maximum Gasteiger partial charge on any atom is 0.0378 e. The highest BCUT2D eigenvalue weighted by molar-refractivity contribution is 8.01. The third-order valence-electron chi connectivity index (χ3n) is 5.70. The number of rotatable bonds is 4. The zero-order valence-corrected chi connectivity index (χ0v) is 9.94. The Hall–Kier alpha value is 0.0900. The normalized spacial score (nSPS) is 57.7. The summed E-state index contributed by atoms with van der Waals surface area (Å²) in [4.78, 5) is 0. The van der Waals surface area contributed by atoms with Gasteiger partial charge in [0.05, 0.1) is 0 Å². The minimum atomic E-state index is 0.631. The second-order valence-corrected chi connectivity index (χ2v) is 6.66. The van der Waals surface area contributed by atoms with Crippen LogP contribution in [-0.4, -0.2) is 5.75 Å². The van der Waals surface area contributed by atoms with Crippen molar-refractivity contribution >= 4 is 11.8 Å². The first-order chi connectivity index (χ1) is 6.64. The van der Waals surface area contributed by atoms with Crippen LogP contribution in [0.5, 0.6) is 0 Å². The van der Waals surface area contributed by atoms with Gasteiger partial charge in [-0.05, 0) is 41.4 Å². The molecule has 4 fully saturated rings. The molecule has 1 heteroatoms. The first-order valence-corrected chi connectivity index (χ1v) is 6.75. The lowest BCUT2D eigenvalue weighted by molar-refractivity contribution is 0.207. The molecule has 0 aliphatic heterocycles. The molecule has 4 rings (SSSR count). The van der Waals surface area contributed by atoms with E-state index in [1.165, 1.54) is 18.6 Å². The monoisotopic (exact) mass is 207 g/mol. The second-order valence-electron chi connectivity index (χ2n) is 5.76. The van der Waals surface area contributed by atoms with E-state index in [0.29, 0.717) is 5.41 Å². The minimum Gasteiger partial charge on any atom is -0.152 e. The lowest BCUT2D eigenvalue weighted by atomic mass is 9.76. The van der Waals surface area contributed by atoms with Crippen LogP contribution in [0.15, 0.2) is 12.7 Å². The predicted molar refractivity (Wildman–Crippen MR) is 62.9 cm³/mol. The zero-order valence-electron chi connectivity index (χ0n) is 9.12. The molecule has 0 nitrogen and oxygen atoms in total. The third kappa shape index (κ3) is 0.801. The van der Waals surface area contributed by atoms with Gasteiger partial charge in [0.1, 0.15) is 0 Å². The lowest BCUT2D eigenvalue weighted by Gasteiger charge is -2.33. The molecule has 2 unspecified atom stereocenters. The van der Waals surface area contributed by atoms with Gasteiger partial charge in [-0.15, -0.1) is 6.58 Å². The lowest BCUT2D eigenvalue weighted by Crippen LogP contribution is -2.29. The largest absolute Gasteiger partial charge is 0.152 e. The van der Waals surface area contributed by atoms with Crippen LogP contribution in [0.2, 0.25) is 0 Å². The maximum absolute atomic E-state index is 3.75. The zero-order chi connectivity index (χ0) is 9.97. The molecule has 5 atom stereocenters. The average Bonchev–Trinajstić information content (AvgIpc) is 2.56. The summed E-state index contributed by atoms with van der Waals surface area (Å²) in [5, 5.41) is 0. The van der Waals surface area contributed by atoms with Crippen molar-refractivity contribution in [2.24, 2.45) is 28.6 Å². The summed E-state index contributed by atoms with van der Waals surface area (Å²) in [6.07, 6.45) is 4.98. The highest BCUT2D eigenvalue weighted by atomic mass is 32.2. The molecule has 0 amide bonds. The van der Waals surface area contributed by atoms with E-state index >= 15 is 0 Å². The SMILES string of the molecule is C=C[CH]SC[C@]1(C)C2C[C@@H]3[C@H](C2)C31C. The summed E-state index contributed by atoms with van der Waals surface area (Å²) in [5.41, 5.74) is 1.35. The molecular weight excluding hydrogens is 188 g/mol. The van der Waals surface area contributed by atoms with E-state index in [-0.39, 0.29) is 0 Å².